The van der Waals surface area contributed by atoms with E-state index in [1.807, 2.05) is 13.8 Å². The highest BCUT2D eigenvalue weighted by Gasteiger charge is 2.25. The third-order valence-electron chi connectivity index (χ3n) is 2.53. The molecule has 0 aliphatic carbocycles. The van der Waals surface area contributed by atoms with Gasteiger partial charge in [-0.15, -0.1) is 0 Å². The molecule has 0 atom stereocenters. The Balaban J connectivity index is 0.00000121. The van der Waals surface area contributed by atoms with Crippen molar-refractivity contribution in [2.75, 3.05) is 0 Å². The van der Waals surface area contributed by atoms with Crippen molar-refractivity contribution in [3.63, 3.8) is 0 Å². The van der Waals surface area contributed by atoms with E-state index < -0.39 is 0 Å². The average molecular weight is 234 g/mol. The zero-order valence-corrected chi connectivity index (χ0v) is 12.8. The molecule has 0 N–H and O–H groups in total. The van der Waals surface area contributed by atoms with Crippen LogP contribution in [-0.4, -0.2) is 0 Å². The van der Waals surface area contributed by atoms with Crippen LogP contribution in [0.25, 0.3) is 0 Å². The topological polar surface area (TPSA) is 0 Å². The maximum absolute atomic E-state index is 2.37. The molecular formula is C17H30. The predicted molar refractivity (Wildman–Crippen MR) is 79.3 cm³/mol. The van der Waals surface area contributed by atoms with Crippen LogP contribution in [0.3, 0.4) is 0 Å². The Kier molecular flexibility index (Phi) is 6.52. The van der Waals surface area contributed by atoms with Crippen LogP contribution in [0.1, 0.15) is 60.5 Å². The Morgan fingerprint density at radius 1 is 0.824 bits per heavy atom. The van der Waals surface area contributed by atoms with Crippen molar-refractivity contribution in [2.45, 2.75) is 61.3 Å². The Hall–Kier alpha value is -0.780. The zero-order chi connectivity index (χ0) is 13.5. The molecule has 0 amide bonds. The molecule has 0 radical (unpaired) electrons. The van der Waals surface area contributed by atoms with Crippen molar-refractivity contribution in [1.29, 1.82) is 0 Å². The van der Waals surface area contributed by atoms with Crippen molar-refractivity contribution < 1.29 is 0 Å². The SMILES string of the molecule is CC.CC(C)(C)CC(C)(C)Cc1ccccc1. The molecular weight excluding hydrogens is 204 g/mol. The van der Waals surface area contributed by atoms with Crippen molar-refractivity contribution in [3.8, 4) is 0 Å². The molecule has 0 fully saturated rings. The molecule has 98 valence electrons. The van der Waals surface area contributed by atoms with Gasteiger partial charge in [0.1, 0.15) is 0 Å². The molecule has 17 heavy (non-hydrogen) atoms. The molecule has 0 heteroatoms. The van der Waals surface area contributed by atoms with Crippen LogP contribution in [0.2, 0.25) is 0 Å². The highest BCUT2D eigenvalue weighted by Crippen LogP contribution is 2.35. The Bertz CT molecular complexity index is 288. The first-order chi connectivity index (χ1) is 7.79. The molecule has 1 aromatic rings. The highest BCUT2D eigenvalue weighted by atomic mass is 14.3. The number of benzene rings is 1. The van der Waals surface area contributed by atoms with Gasteiger partial charge in [0.25, 0.3) is 0 Å². The third-order valence-corrected chi connectivity index (χ3v) is 2.53. The highest BCUT2D eigenvalue weighted by molar-refractivity contribution is 5.16. The molecule has 0 aliphatic rings. The summed E-state index contributed by atoms with van der Waals surface area (Å²) in [5.74, 6) is 0. The van der Waals surface area contributed by atoms with Crippen molar-refractivity contribution in [3.05, 3.63) is 35.9 Å². The summed E-state index contributed by atoms with van der Waals surface area (Å²) in [6, 6.07) is 10.8. The van der Waals surface area contributed by atoms with Gasteiger partial charge in [-0.3, -0.25) is 0 Å². The molecule has 0 heterocycles. The van der Waals surface area contributed by atoms with Gasteiger partial charge in [-0.25, -0.2) is 0 Å². The maximum atomic E-state index is 2.37. The summed E-state index contributed by atoms with van der Waals surface area (Å²) in [5, 5.41) is 0. The van der Waals surface area contributed by atoms with E-state index in [0.717, 1.165) is 0 Å². The Morgan fingerprint density at radius 2 is 1.29 bits per heavy atom. The predicted octanol–water partition coefficient (Wildman–Crippen LogP) is 5.72. The molecule has 0 aromatic heterocycles. The summed E-state index contributed by atoms with van der Waals surface area (Å²) >= 11 is 0. The van der Waals surface area contributed by atoms with Crippen LogP contribution in [0.4, 0.5) is 0 Å². The Labute approximate surface area is 108 Å². The largest absolute Gasteiger partial charge is 0.0683 e. The van der Waals surface area contributed by atoms with Gasteiger partial charge in [0.15, 0.2) is 0 Å². The molecule has 1 rings (SSSR count). The minimum Gasteiger partial charge on any atom is -0.0683 e. The summed E-state index contributed by atoms with van der Waals surface area (Å²) < 4.78 is 0. The minimum atomic E-state index is 0.388. The van der Waals surface area contributed by atoms with E-state index in [0.29, 0.717) is 10.8 Å². The standard InChI is InChI=1S/C15H24.C2H6/c1-14(2,3)12-15(4,5)11-13-9-7-6-8-10-13;1-2/h6-10H,11-12H2,1-5H3;1-2H3. The van der Waals surface area contributed by atoms with Gasteiger partial charge in [-0.2, -0.15) is 0 Å². The first-order valence-electron chi connectivity index (χ1n) is 6.82. The molecule has 0 saturated carbocycles. The zero-order valence-electron chi connectivity index (χ0n) is 12.8. The fraction of sp³-hybridized carbons (Fsp3) is 0.647. The fourth-order valence-corrected chi connectivity index (χ4v) is 2.65. The van der Waals surface area contributed by atoms with Crippen LogP contribution in [0.5, 0.6) is 0 Å². The quantitative estimate of drug-likeness (QED) is 0.627. The minimum absolute atomic E-state index is 0.388. The van der Waals surface area contributed by atoms with Crippen LogP contribution >= 0.6 is 0 Å². The molecule has 0 unspecified atom stereocenters. The van der Waals surface area contributed by atoms with E-state index in [9.17, 15) is 0 Å². The van der Waals surface area contributed by atoms with E-state index in [2.05, 4.69) is 65.0 Å². The van der Waals surface area contributed by atoms with E-state index in [1.165, 1.54) is 18.4 Å². The van der Waals surface area contributed by atoms with E-state index >= 15 is 0 Å². The van der Waals surface area contributed by atoms with Crippen LogP contribution in [0, 0.1) is 10.8 Å². The maximum Gasteiger partial charge on any atom is -0.0227 e. The molecule has 0 spiro atoms. The second-order valence-corrected chi connectivity index (χ2v) is 6.56. The van der Waals surface area contributed by atoms with Crippen LogP contribution in [-0.2, 0) is 6.42 Å². The van der Waals surface area contributed by atoms with Gasteiger partial charge >= 0.3 is 0 Å². The van der Waals surface area contributed by atoms with Crippen molar-refractivity contribution in [1.82, 2.24) is 0 Å². The van der Waals surface area contributed by atoms with Gasteiger partial charge in [0.05, 0.1) is 0 Å². The lowest BCUT2D eigenvalue weighted by atomic mass is 9.73. The summed E-state index contributed by atoms with van der Waals surface area (Å²) in [6.45, 7) is 15.7. The molecule has 0 nitrogen and oxygen atoms in total. The first kappa shape index (κ1) is 16.2. The second-order valence-electron chi connectivity index (χ2n) is 6.56. The Morgan fingerprint density at radius 3 is 1.71 bits per heavy atom. The lowest BCUT2D eigenvalue weighted by molar-refractivity contribution is 0.211. The second kappa shape index (κ2) is 6.83. The summed E-state index contributed by atoms with van der Waals surface area (Å²) in [5.41, 5.74) is 2.25. The van der Waals surface area contributed by atoms with Gasteiger partial charge in [-0.05, 0) is 29.2 Å². The molecule has 0 saturated heterocycles. The lowest BCUT2D eigenvalue weighted by Crippen LogP contribution is -2.22. The number of hydrogen-bond donors (Lipinski definition) is 0. The van der Waals surface area contributed by atoms with Gasteiger partial charge in [-0.1, -0.05) is 78.8 Å². The van der Waals surface area contributed by atoms with E-state index in [-0.39, 0.29) is 0 Å². The normalized spacial score (nSPS) is 11.7. The summed E-state index contributed by atoms with van der Waals surface area (Å²) in [4.78, 5) is 0. The number of rotatable bonds is 3. The first-order valence-corrected chi connectivity index (χ1v) is 6.82. The fourth-order valence-electron chi connectivity index (χ4n) is 2.65. The van der Waals surface area contributed by atoms with E-state index in [1.54, 1.807) is 0 Å². The molecule has 1 aromatic carbocycles. The number of hydrogen-bond acceptors (Lipinski definition) is 0. The molecule has 0 aliphatic heterocycles. The molecule has 0 bridgehead atoms. The van der Waals surface area contributed by atoms with E-state index in [4.69, 9.17) is 0 Å². The van der Waals surface area contributed by atoms with Gasteiger partial charge in [0.2, 0.25) is 0 Å². The van der Waals surface area contributed by atoms with Gasteiger partial charge in [0, 0.05) is 0 Å². The average Bonchev–Trinajstić information content (AvgIpc) is 2.17. The smallest absolute Gasteiger partial charge is 0.0227 e. The third kappa shape index (κ3) is 8.01. The van der Waals surface area contributed by atoms with Crippen molar-refractivity contribution in [2.24, 2.45) is 10.8 Å². The lowest BCUT2D eigenvalue weighted by Gasteiger charge is -2.32. The summed E-state index contributed by atoms with van der Waals surface area (Å²) in [6.07, 6.45) is 2.43. The van der Waals surface area contributed by atoms with Crippen molar-refractivity contribution >= 4 is 0 Å². The van der Waals surface area contributed by atoms with Crippen LogP contribution in [0.15, 0.2) is 30.3 Å². The monoisotopic (exact) mass is 234 g/mol. The van der Waals surface area contributed by atoms with Crippen LogP contribution < -0.4 is 0 Å². The summed E-state index contributed by atoms with van der Waals surface area (Å²) in [7, 11) is 0. The van der Waals surface area contributed by atoms with Gasteiger partial charge < -0.3 is 0 Å².